The number of nitrogens with one attached hydrogen (secondary N) is 1. The van der Waals surface area contributed by atoms with Gasteiger partial charge in [0.2, 0.25) is 0 Å². The Morgan fingerprint density at radius 3 is 2.07 bits per heavy atom. The predicted molar refractivity (Wildman–Crippen MR) is 58.0 cm³/mol. The molecule has 1 aromatic carbocycles. The van der Waals surface area contributed by atoms with Gasteiger partial charge in [0, 0.05) is 4.90 Å². The zero-order chi connectivity index (χ0) is 9.90. The number of hydrogen-bond acceptors (Lipinski definition) is 3. The minimum Gasteiger partial charge on any atom is -0.560 e. The molecule has 0 bridgehead atoms. The first-order chi connectivity index (χ1) is 6.04. The Bertz CT molecular complexity index is 375. The first-order valence-electron chi connectivity index (χ1n) is 3.82. The molecule has 0 radical (unpaired) electrons. The number of rotatable bonds is 3. The van der Waals surface area contributed by atoms with Crippen LogP contribution in [0, 0.1) is 0 Å². The van der Waals surface area contributed by atoms with Crippen molar-refractivity contribution in [2.75, 3.05) is 6.54 Å². The molecule has 3 N–H and O–H groups in total. The Balaban J connectivity index is 0.00000169. The second-order valence-electron chi connectivity index (χ2n) is 2.69. The zero-order valence-corrected chi connectivity index (χ0v) is 9.07. The third-order valence-electron chi connectivity index (χ3n) is 1.67. The highest BCUT2D eigenvalue weighted by Crippen LogP contribution is 2.12. The molecule has 80 valence electrons. The molecule has 0 aliphatic heterocycles. The average Bonchev–Trinajstić information content (AvgIpc) is 2.04. The van der Waals surface area contributed by atoms with Gasteiger partial charge in [-0.3, -0.25) is 0 Å². The maximum atomic E-state index is 10.7. The Kier molecular flexibility index (Phi) is 5.07. The van der Waals surface area contributed by atoms with E-state index in [1.165, 1.54) is 12.1 Å². The van der Waals surface area contributed by atoms with Gasteiger partial charge in [0.05, 0.1) is 10.0 Å². The number of nitrogens with two attached hydrogens (primary N) is 1. The van der Waals surface area contributed by atoms with Crippen molar-refractivity contribution < 1.29 is 8.42 Å². The van der Waals surface area contributed by atoms with E-state index in [4.69, 9.17) is 10.9 Å². The minimum atomic E-state index is -3.82. The normalized spacial score (nSPS) is 10.7. The van der Waals surface area contributed by atoms with Crippen molar-refractivity contribution >= 4 is 22.4 Å². The lowest BCUT2D eigenvalue weighted by atomic mass is 10.2. The van der Waals surface area contributed by atoms with Gasteiger partial charge in [-0.05, 0) is 30.7 Å². The fraction of sp³-hybridized carbons (Fsp3) is 0.250. The van der Waals surface area contributed by atoms with E-state index < -0.39 is 10.0 Å². The predicted octanol–water partition coefficient (Wildman–Crippen LogP) is 1.35. The molecular formula is C8H12ClN2O2S-. The minimum absolute atomic E-state index is 0. The standard InChI is InChI=1S/C8H11N2O2S.ClH/c9-6-5-7-1-3-8(4-2-7)13(10,11)12;/h1-4H,5-6,9H2,(H-,10,11,12);1H/q-1;. The number of hydrogen-bond donors (Lipinski definition) is 1. The summed E-state index contributed by atoms with van der Waals surface area (Å²) in [7, 11) is -3.82. The van der Waals surface area contributed by atoms with Crippen LogP contribution in [0.5, 0.6) is 0 Å². The van der Waals surface area contributed by atoms with E-state index in [0.29, 0.717) is 6.54 Å². The Morgan fingerprint density at radius 1 is 1.21 bits per heavy atom. The van der Waals surface area contributed by atoms with Crippen molar-refractivity contribution in [1.82, 2.24) is 0 Å². The summed E-state index contributed by atoms with van der Waals surface area (Å²) in [5.74, 6) is 0. The van der Waals surface area contributed by atoms with Crippen LogP contribution in [-0.4, -0.2) is 15.0 Å². The molecule has 0 heterocycles. The van der Waals surface area contributed by atoms with Crippen molar-refractivity contribution in [3.63, 3.8) is 0 Å². The molecule has 0 saturated heterocycles. The number of sulfonamides is 1. The van der Waals surface area contributed by atoms with E-state index in [1.54, 1.807) is 12.1 Å². The summed E-state index contributed by atoms with van der Waals surface area (Å²) >= 11 is 0. The average molecular weight is 236 g/mol. The third kappa shape index (κ3) is 3.63. The number of halogens is 1. The topological polar surface area (TPSA) is 84.0 Å². The molecular weight excluding hydrogens is 224 g/mol. The summed E-state index contributed by atoms with van der Waals surface area (Å²) in [4.78, 5) is 0.0215. The molecule has 0 amide bonds. The van der Waals surface area contributed by atoms with Gasteiger partial charge < -0.3 is 10.9 Å². The third-order valence-corrected chi connectivity index (χ3v) is 2.56. The van der Waals surface area contributed by atoms with Gasteiger partial charge in [0.1, 0.15) is 0 Å². The SMILES string of the molecule is Cl.[NH-]S(=O)(=O)c1ccc(CCN)cc1. The Morgan fingerprint density at radius 2 is 1.71 bits per heavy atom. The monoisotopic (exact) mass is 235 g/mol. The molecule has 1 aromatic rings. The Hall–Kier alpha value is -0.620. The highest BCUT2D eigenvalue weighted by Gasteiger charge is 1.99. The van der Waals surface area contributed by atoms with Crippen LogP contribution in [0.4, 0.5) is 0 Å². The van der Waals surface area contributed by atoms with E-state index in [-0.39, 0.29) is 17.3 Å². The molecule has 0 saturated carbocycles. The van der Waals surface area contributed by atoms with Gasteiger partial charge in [-0.15, -0.1) is 12.4 Å². The molecule has 0 aromatic heterocycles. The van der Waals surface area contributed by atoms with E-state index in [0.717, 1.165) is 12.0 Å². The maximum absolute atomic E-state index is 10.7. The fourth-order valence-electron chi connectivity index (χ4n) is 1.00. The van der Waals surface area contributed by atoms with Gasteiger partial charge in [0.15, 0.2) is 0 Å². The summed E-state index contributed by atoms with van der Waals surface area (Å²) in [5, 5.41) is 6.79. The zero-order valence-electron chi connectivity index (χ0n) is 7.43. The van der Waals surface area contributed by atoms with Crippen molar-refractivity contribution in [3.8, 4) is 0 Å². The summed E-state index contributed by atoms with van der Waals surface area (Å²) in [6, 6.07) is 6.20. The van der Waals surface area contributed by atoms with Crippen molar-refractivity contribution in [2.24, 2.45) is 5.73 Å². The molecule has 1 rings (SSSR count). The van der Waals surface area contributed by atoms with E-state index >= 15 is 0 Å². The molecule has 14 heavy (non-hydrogen) atoms. The van der Waals surface area contributed by atoms with Crippen LogP contribution in [0.1, 0.15) is 5.56 Å². The van der Waals surface area contributed by atoms with E-state index in [2.05, 4.69) is 0 Å². The first-order valence-corrected chi connectivity index (χ1v) is 5.31. The molecule has 0 fully saturated rings. The molecule has 6 heteroatoms. The molecule has 0 aliphatic carbocycles. The van der Waals surface area contributed by atoms with Gasteiger partial charge in [-0.1, -0.05) is 12.1 Å². The van der Waals surface area contributed by atoms with Crippen LogP contribution in [0.25, 0.3) is 5.14 Å². The largest absolute Gasteiger partial charge is 0.560 e. The van der Waals surface area contributed by atoms with Crippen LogP contribution in [-0.2, 0) is 16.4 Å². The van der Waals surface area contributed by atoms with Crippen molar-refractivity contribution in [1.29, 1.82) is 0 Å². The van der Waals surface area contributed by atoms with Crippen LogP contribution >= 0.6 is 12.4 Å². The maximum Gasteiger partial charge on any atom is 0.0987 e. The van der Waals surface area contributed by atoms with Crippen LogP contribution in [0.2, 0.25) is 0 Å². The molecule has 0 atom stereocenters. The summed E-state index contributed by atoms with van der Waals surface area (Å²) in [6.45, 7) is 0.535. The molecule has 0 unspecified atom stereocenters. The smallest absolute Gasteiger partial charge is 0.0987 e. The van der Waals surface area contributed by atoms with Gasteiger partial charge in [-0.25, -0.2) is 8.42 Å². The lowest BCUT2D eigenvalue weighted by molar-refractivity contribution is 0.605. The fourth-order valence-corrected chi connectivity index (χ4v) is 1.50. The van der Waals surface area contributed by atoms with Gasteiger partial charge in [-0.2, -0.15) is 0 Å². The highest BCUT2D eigenvalue weighted by atomic mass is 35.5. The molecule has 0 spiro atoms. The quantitative estimate of drug-likeness (QED) is 0.858. The summed E-state index contributed by atoms with van der Waals surface area (Å²) < 4.78 is 21.5. The van der Waals surface area contributed by atoms with Gasteiger partial charge >= 0.3 is 0 Å². The summed E-state index contributed by atoms with van der Waals surface area (Å²) in [5.41, 5.74) is 6.31. The van der Waals surface area contributed by atoms with E-state index in [1.807, 2.05) is 0 Å². The first kappa shape index (κ1) is 13.4. The number of benzene rings is 1. The Labute approximate surface area is 89.8 Å². The van der Waals surface area contributed by atoms with Crippen molar-refractivity contribution in [3.05, 3.63) is 35.0 Å². The lowest BCUT2D eigenvalue weighted by Crippen LogP contribution is -2.02. The van der Waals surface area contributed by atoms with Crippen LogP contribution < -0.4 is 5.73 Å². The van der Waals surface area contributed by atoms with E-state index in [9.17, 15) is 8.42 Å². The highest BCUT2D eigenvalue weighted by molar-refractivity contribution is 7.93. The molecule has 0 aliphatic rings. The second-order valence-corrected chi connectivity index (χ2v) is 4.16. The van der Waals surface area contributed by atoms with Crippen LogP contribution in [0.3, 0.4) is 0 Å². The second kappa shape index (κ2) is 5.31. The summed E-state index contributed by atoms with van der Waals surface area (Å²) in [6.07, 6.45) is 0.721. The lowest BCUT2D eigenvalue weighted by Gasteiger charge is -2.05. The van der Waals surface area contributed by atoms with Crippen molar-refractivity contribution in [2.45, 2.75) is 11.3 Å². The molecule has 4 nitrogen and oxygen atoms in total. The van der Waals surface area contributed by atoms with Gasteiger partial charge in [0.25, 0.3) is 0 Å². The van der Waals surface area contributed by atoms with Crippen LogP contribution in [0.15, 0.2) is 29.2 Å².